The molecule has 0 aliphatic rings. The smallest absolute Gasteiger partial charge is 0.369 e. The molecule has 0 N–H and O–H groups in total. The Hall–Kier alpha value is -3.01. The Morgan fingerprint density at radius 3 is 3.00 bits per heavy atom. The summed E-state index contributed by atoms with van der Waals surface area (Å²) in [5.74, 6) is 0.652. The second-order valence-electron chi connectivity index (χ2n) is 4.31. The lowest BCUT2D eigenvalue weighted by atomic mass is 10.3. The molecule has 0 fully saturated rings. The van der Waals surface area contributed by atoms with E-state index in [0.717, 1.165) is 0 Å². The molecule has 9 nitrogen and oxygen atoms in total. The van der Waals surface area contributed by atoms with Gasteiger partial charge in [0.2, 0.25) is 0 Å². The lowest BCUT2D eigenvalue weighted by molar-refractivity contribution is 0.417. The average Bonchev–Trinajstić information content (AvgIpc) is 3.27. The van der Waals surface area contributed by atoms with Crippen LogP contribution in [0.25, 0.3) is 16.5 Å². The highest BCUT2D eigenvalue weighted by molar-refractivity contribution is 7.12. The first kappa shape index (κ1) is 12.7. The van der Waals surface area contributed by atoms with E-state index in [1.165, 1.54) is 33.2 Å². The van der Waals surface area contributed by atoms with Crippen LogP contribution in [-0.4, -0.2) is 29.9 Å². The minimum absolute atomic E-state index is 0.0750. The number of rotatable bonds is 4. The van der Waals surface area contributed by atoms with Crippen molar-refractivity contribution in [3.05, 3.63) is 52.4 Å². The van der Waals surface area contributed by atoms with Crippen LogP contribution in [-0.2, 0) is 6.54 Å². The van der Waals surface area contributed by atoms with E-state index in [0.29, 0.717) is 22.3 Å². The first-order chi connectivity index (χ1) is 10.8. The number of furan rings is 1. The molecule has 4 aromatic rings. The molecular weight excluding hydrogens is 308 g/mol. The molecular formula is C12H8N6O3S. The summed E-state index contributed by atoms with van der Waals surface area (Å²) in [6, 6.07) is 5.33. The molecule has 0 saturated carbocycles. The van der Waals surface area contributed by atoms with Gasteiger partial charge in [-0.15, -0.1) is 11.3 Å². The zero-order chi connectivity index (χ0) is 14.9. The van der Waals surface area contributed by atoms with Crippen LogP contribution < -0.4 is 5.69 Å². The number of hydrogen-bond acceptors (Lipinski definition) is 8. The van der Waals surface area contributed by atoms with Gasteiger partial charge in [-0.25, -0.2) is 4.79 Å². The summed E-state index contributed by atoms with van der Waals surface area (Å²) in [6.07, 6.45) is 3.01. The van der Waals surface area contributed by atoms with Crippen molar-refractivity contribution in [1.82, 2.24) is 29.9 Å². The predicted molar refractivity (Wildman–Crippen MR) is 74.6 cm³/mol. The quantitative estimate of drug-likeness (QED) is 0.556. The second kappa shape index (κ2) is 5.07. The number of nitrogens with zero attached hydrogens (tertiary/aromatic N) is 6. The zero-order valence-electron chi connectivity index (χ0n) is 11.0. The zero-order valence-corrected chi connectivity index (χ0v) is 11.8. The molecule has 0 aliphatic carbocycles. The molecule has 0 bridgehead atoms. The summed E-state index contributed by atoms with van der Waals surface area (Å²) in [5.41, 5.74) is 0.311. The molecule has 0 aliphatic heterocycles. The minimum atomic E-state index is -0.364. The van der Waals surface area contributed by atoms with Gasteiger partial charge in [0.15, 0.2) is 5.82 Å². The summed E-state index contributed by atoms with van der Waals surface area (Å²) in [4.78, 5) is 16.4. The number of hydrogen-bond donors (Lipinski definition) is 0. The fourth-order valence-corrected chi connectivity index (χ4v) is 2.53. The first-order valence-corrected chi connectivity index (χ1v) is 7.11. The monoisotopic (exact) mass is 316 g/mol. The fraction of sp³-hybridized carbons (Fsp3) is 0.0833. The summed E-state index contributed by atoms with van der Waals surface area (Å²) < 4.78 is 12.5. The van der Waals surface area contributed by atoms with Gasteiger partial charge in [0, 0.05) is 0 Å². The van der Waals surface area contributed by atoms with Crippen LogP contribution >= 0.6 is 11.3 Å². The normalized spacial score (nSPS) is 11.1. The van der Waals surface area contributed by atoms with Crippen LogP contribution in [0.15, 0.2) is 49.8 Å². The highest BCUT2D eigenvalue weighted by Crippen LogP contribution is 2.17. The molecule has 0 atom stereocenters. The second-order valence-corrected chi connectivity index (χ2v) is 5.24. The summed E-state index contributed by atoms with van der Waals surface area (Å²) in [6.45, 7) is 0.0750. The molecule has 0 unspecified atom stereocenters. The van der Waals surface area contributed by atoms with Gasteiger partial charge in [0.25, 0.3) is 5.89 Å². The number of thiophene rings is 1. The molecule has 0 spiro atoms. The highest BCUT2D eigenvalue weighted by atomic mass is 32.1. The number of tetrazole rings is 1. The van der Waals surface area contributed by atoms with Gasteiger partial charge in [0.05, 0.1) is 11.8 Å². The lowest BCUT2D eigenvalue weighted by Gasteiger charge is -1.92. The molecule has 4 heterocycles. The van der Waals surface area contributed by atoms with E-state index in [-0.39, 0.29) is 12.2 Å². The van der Waals surface area contributed by atoms with Crippen molar-refractivity contribution in [3.63, 3.8) is 0 Å². The van der Waals surface area contributed by atoms with Crippen molar-refractivity contribution in [3.8, 4) is 16.5 Å². The van der Waals surface area contributed by atoms with Crippen LogP contribution in [0.2, 0.25) is 0 Å². The van der Waals surface area contributed by atoms with Gasteiger partial charge in [-0.3, -0.25) is 0 Å². The molecule has 4 aromatic heterocycles. The maximum absolute atomic E-state index is 12.2. The molecule has 110 valence electrons. The van der Waals surface area contributed by atoms with Crippen molar-refractivity contribution >= 4 is 11.3 Å². The van der Waals surface area contributed by atoms with Crippen molar-refractivity contribution in [1.29, 1.82) is 0 Å². The maximum Gasteiger partial charge on any atom is 0.369 e. The highest BCUT2D eigenvalue weighted by Gasteiger charge is 2.14. The molecule has 4 rings (SSSR count). The van der Waals surface area contributed by atoms with Gasteiger partial charge >= 0.3 is 5.69 Å². The van der Waals surface area contributed by atoms with Crippen LogP contribution in [0.4, 0.5) is 0 Å². The van der Waals surface area contributed by atoms with E-state index in [9.17, 15) is 4.79 Å². The molecule has 0 saturated heterocycles. The molecule has 0 aromatic carbocycles. The topological polar surface area (TPSA) is 105 Å². The maximum atomic E-state index is 12.2. The largest absolute Gasteiger partial charge is 0.472 e. The Kier molecular flexibility index (Phi) is 2.93. The van der Waals surface area contributed by atoms with Crippen LogP contribution in [0, 0.1) is 0 Å². The van der Waals surface area contributed by atoms with E-state index in [1.54, 1.807) is 12.1 Å². The van der Waals surface area contributed by atoms with Crippen molar-refractivity contribution in [2.45, 2.75) is 6.54 Å². The predicted octanol–water partition coefficient (Wildman–Crippen LogP) is 1.18. The van der Waals surface area contributed by atoms with Gasteiger partial charge in [-0.1, -0.05) is 5.16 Å². The molecule has 10 heteroatoms. The van der Waals surface area contributed by atoms with Gasteiger partial charge in [-0.2, -0.15) is 14.3 Å². The third kappa shape index (κ3) is 2.15. The third-order valence-electron chi connectivity index (χ3n) is 2.88. The average molecular weight is 316 g/mol. The SMILES string of the molecule is O=c1n(Cc2noc(-c3ccoc3)n2)nnn1-c1cccs1. The van der Waals surface area contributed by atoms with Crippen molar-refractivity contribution < 1.29 is 8.94 Å². The minimum Gasteiger partial charge on any atom is -0.472 e. The molecule has 0 amide bonds. The van der Waals surface area contributed by atoms with E-state index in [1.807, 2.05) is 11.4 Å². The standard InChI is InChI=1S/C12H8N6O3S/c19-12-17(15-16-18(12)10-2-1-5-22-10)6-9-13-11(21-14-9)8-3-4-20-7-8/h1-5,7H,6H2. The van der Waals surface area contributed by atoms with Gasteiger partial charge in [-0.05, 0) is 34.0 Å². The Morgan fingerprint density at radius 2 is 2.23 bits per heavy atom. The fourth-order valence-electron chi connectivity index (χ4n) is 1.86. The molecule has 22 heavy (non-hydrogen) atoms. The lowest BCUT2D eigenvalue weighted by Crippen LogP contribution is -2.24. The summed E-state index contributed by atoms with van der Waals surface area (Å²) in [7, 11) is 0. The van der Waals surface area contributed by atoms with Gasteiger partial charge < -0.3 is 8.94 Å². The summed E-state index contributed by atoms with van der Waals surface area (Å²) in [5, 5.41) is 14.0. The van der Waals surface area contributed by atoms with Crippen LogP contribution in [0.3, 0.4) is 0 Å². The first-order valence-electron chi connectivity index (χ1n) is 6.23. The Bertz CT molecular complexity index is 934. The number of aromatic nitrogens is 6. The Labute approximate surface area is 126 Å². The van der Waals surface area contributed by atoms with Crippen molar-refractivity contribution in [2.24, 2.45) is 0 Å². The van der Waals surface area contributed by atoms with Crippen molar-refractivity contribution in [2.75, 3.05) is 0 Å². The van der Waals surface area contributed by atoms with Crippen LogP contribution in [0.1, 0.15) is 5.82 Å². The third-order valence-corrected chi connectivity index (χ3v) is 3.73. The van der Waals surface area contributed by atoms with E-state index >= 15 is 0 Å². The van der Waals surface area contributed by atoms with E-state index in [4.69, 9.17) is 8.94 Å². The Balaban J connectivity index is 1.61. The van der Waals surface area contributed by atoms with Gasteiger partial charge in [0.1, 0.15) is 17.8 Å². The summed E-state index contributed by atoms with van der Waals surface area (Å²) >= 11 is 1.40. The molecule has 0 radical (unpaired) electrons. The van der Waals surface area contributed by atoms with Crippen LogP contribution in [0.5, 0.6) is 0 Å². The van der Waals surface area contributed by atoms with E-state index < -0.39 is 0 Å². The van der Waals surface area contributed by atoms with E-state index in [2.05, 4.69) is 20.6 Å². The Morgan fingerprint density at radius 1 is 1.27 bits per heavy atom.